The first-order chi connectivity index (χ1) is 10.5. The molecule has 1 amide bonds. The molecule has 5 nitrogen and oxygen atoms in total. The van der Waals surface area contributed by atoms with Gasteiger partial charge in [0.25, 0.3) is 0 Å². The zero-order valence-corrected chi connectivity index (χ0v) is 13.8. The Labute approximate surface area is 133 Å². The summed E-state index contributed by atoms with van der Waals surface area (Å²) in [4.78, 5) is 25.7. The van der Waals surface area contributed by atoms with Crippen LogP contribution in [0.2, 0.25) is 0 Å². The van der Waals surface area contributed by atoms with E-state index in [0.29, 0.717) is 18.9 Å². The summed E-state index contributed by atoms with van der Waals surface area (Å²) in [6, 6.07) is -0.215. The second-order valence-electron chi connectivity index (χ2n) is 6.83. The zero-order chi connectivity index (χ0) is 16.1. The molecule has 0 aromatic carbocycles. The molecule has 3 atom stereocenters. The number of ether oxygens (including phenoxy) is 1. The normalized spacial score (nSPS) is 27.3. The number of hydrogen-bond donors (Lipinski definition) is 1. The molecule has 2 rings (SSSR count). The number of nitrogens with zero attached hydrogens (tertiary/aromatic N) is 1. The Kier molecular flexibility index (Phi) is 6.24. The summed E-state index contributed by atoms with van der Waals surface area (Å²) in [6.45, 7) is 2.60. The Morgan fingerprint density at radius 1 is 1.32 bits per heavy atom. The highest BCUT2D eigenvalue weighted by Gasteiger charge is 2.39. The van der Waals surface area contributed by atoms with Gasteiger partial charge >= 0.3 is 5.97 Å². The lowest BCUT2D eigenvalue weighted by atomic mass is 9.90. The smallest absolute Gasteiger partial charge is 0.305 e. The Bertz CT molecular complexity index is 392. The minimum atomic E-state index is -0.844. The third-order valence-corrected chi connectivity index (χ3v) is 5.34. The lowest BCUT2D eigenvalue weighted by Gasteiger charge is -2.28. The van der Waals surface area contributed by atoms with Crippen molar-refractivity contribution in [2.45, 2.75) is 70.4 Å². The number of carbonyl (C=O) groups is 2. The third-order valence-electron chi connectivity index (χ3n) is 5.34. The first-order valence-electron chi connectivity index (χ1n) is 8.60. The lowest BCUT2D eigenvalue weighted by Crippen LogP contribution is -2.41. The van der Waals surface area contributed by atoms with Gasteiger partial charge in [0.15, 0.2) is 0 Å². The van der Waals surface area contributed by atoms with Gasteiger partial charge in [-0.05, 0) is 25.2 Å². The van der Waals surface area contributed by atoms with E-state index in [4.69, 9.17) is 9.84 Å². The molecule has 0 spiro atoms. The Hall–Kier alpha value is -1.10. The van der Waals surface area contributed by atoms with Crippen molar-refractivity contribution in [3.63, 3.8) is 0 Å². The summed E-state index contributed by atoms with van der Waals surface area (Å²) in [6.07, 6.45) is 7.47. The Morgan fingerprint density at radius 3 is 2.55 bits per heavy atom. The topological polar surface area (TPSA) is 66.8 Å². The maximum atomic E-state index is 12.9. The van der Waals surface area contributed by atoms with Crippen LogP contribution in [0.25, 0.3) is 0 Å². The highest BCUT2D eigenvalue weighted by Crippen LogP contribution is 2.33. The van der Waals surface area contributed by atoms with Gasteiger partial charge in [0.05, 0.1) is 12.5 Å². The number of aliphatic carboxylic acids is 1. The van der Waals surface area contributed by atoms with Crippen LogP contribution in [-0.2, 0) is 14.3 Å². The summed E-state index contributed by atoms with van der Waals surface area (Å²) >= 11 is 0. The minimum Gasteiger partial charge on any atom is -0.481 e. The average molecular weight is 311 g/mol. The van der Waals surface area contributed by atoms with E-state index in [1.54, 1.807) is 12.0 Å². The van der Waals surface area contributed by atoms with E-state index >= 15 is 0 Å². The standard InChI is InChI=1S/C17H29NO4/c1-3-13(8-12-6-4-5-7-12)17(21)18-11-15(22-2)9-14(18)10-16(19)20/h12-15H,3-11H2,1-2H3,(H,19,20). The van der Waals surface area contributed by atoms with Crippen LogP contribution in [0, 0.1) is 11.8 Å². The molecule has 1 aliphatic carbocycles. The van der Waals surface area contributed by atoms with Crippen LogP contribution >= 0.6 is 0 Å². The van der Waals surface area contributed by atoms with E-state index in [9.17, 15) is 9.59 Å². The summed E-state index contributed by atoms with van der Waals surface area (Å²) in [5.74, 6) is 0.00578. The van der Waals surface area contributed by atoms with Crippen LogP contribution in [0.15, 0.2) is 0 Å². The van der Waals surface area contributed by atoms with Gasteiger partial charge in [0, 0.05) is 25.6 Å². The number of carbonyl (C=O) groups excluding carboxylic acids is 1. The van der Waals surface area contributed by atoms with Crippen molar-refractivity contribution in [1.29, 1.82) is 0 Å². The zero-order valence-electron chi connectivity index (χ0n) is 13.8. The van der Waals surface area contributed by atoms with E-state index < -0.39 is 5.97 Å². The van der Waals surface area contributed by atoms with E-state index in [0.717, 1.165) is 12.8 Å². The van der Waals surface area contributed by atoms with Crippen LogP contribution in [0.3, 0.4) is 0 Å². The Morgan fingerprint density at radius 2 is 2.00 bits per heavy atom. The average Bonchev–Trinajstić information content (AvgIpc) is 3.12. The van der Waals surface area contributed by atoms with E-state index in [1.165, 1.54) is 25.7 Å². The van der Waals surface area contributed by atoms with Crippen molar-refractivity contribution in [1.82, 2.24) is 4.90 Å². The summed E-state index contributed by atoms with van der Waals surface area (Å²) in [7, 11) is 1.63. The molecule has 22 heavy (non-hydrogen) atoms. The molecule has 2 aliphatic rings. The van der Waals surface area contributed by atoms with Crippen molar-refractivity contribution in [2.75, 3.05) is 13.7 Å². The van der Waals surface area contributed by atoms with Gasteiger partial charge in [0.1, 0.15) is 0 Å². The van der Waals surface area contributed by atoms with Gasteiger partial charge in [-0.3, -0.25) is 9.59 Å². The van der Waals surface area contributed by atoms with Gasteiger partial charge in [-0.25, -0.2) is 0 Å². The summed E-state index contributed by atoms with van der Waals surface area (Å²) in [5, 5.41) is 9.08. The fourth-order valence-corrected chi connectivity index (χ4v) is 4.03. The van der Waals surface area contributed by atoms with Gasteiger partial charge in [0.2, 0.25) is 5.91 Å². The van der Waals surface area contributed by atoms with Crippen molar-refractivity contribution in [3.05, 3.63) is 0 Å². The van der Waals surface area contributed by atoms with Crippen LogP contribution in [0.4, 0.5) is 0 Å². The second-order valence-corrected chi connectivity index (χ2v) is 6.83. The number of methoxy groups -OCH3 is 1. The predicted molar refractivity (Wildman–Crippen MR) is 83.5 cm³/mol. The molecule has 0 radical (unpaired) electrons. The van der Waals surface area contributed by atoms with Crippen LogP contribution in [0.5, 0.6) is 0 Å². The SMILES string of the molecule is CCC(CC1CCCC1)C(=O)N1CC(OC)CC1CC(=O)O. The largest absolute Gasteiger partial charge is 0.481 e. The van der Waals surface area contributed by atoms with Gasteiger partial charge in [-0.15, -0.1) is 0 Å². The number of likely N-dealkylation sites (tertiary alicyclic amines) is 1. The van der Waals surface area contributed by atoms with E-state index in [1.807, 2.05) is 0 Å². The molecule has 1 heterocycles. The second kappa shape index (κ2) is 7.95. The number of carboxylic acid groups (broad SMARTS) is 1. The molecule has 5 heteroatoms. The molecule has 2 fully saturated rings. The maximum Gasteiger partial charge on any atom is 0.305 e. The van der Waals surface area contributed by atoms with Crippen molar-refractivity contribution in [2.24, 2.45) is 11.8 Å². The number of hydrogen-bond acceptors (Lipinski definition) is 3. The quantitative estimate of drug-likeness (QED) is 0.785. The molecule has 0 aromatic rings. The minimum absolute atomic E-state index is 0.0193. The van der Waals surface area contributed by atoms with Gasteiger partial charge < -0.3 is 14.7 Å². The Balaban J connectivity index is 2.01. The van der Waals surface area contributed by atoms with Crippen molar-refractivity contribution in [3.8, 4) is 0 Å². The lowest BCUT2D eigenvalue weighted by molar-refractivity contribution is -0.141. The molecule has 0 aromatic heterocycles. The first kappa shape index (κ1) is 17.3. The number of amides is 1. The van der Waals surface area contributed by atoms with Gasteiger partial charge in [-0.1, -0.05) is 32.6 Å². The molecule has 1 saturated heterocycles. The number of rotatable bonds is 7. The molecule has 3 unspecified atom stereocenters. The monoisotopic (exact) mass is 311 g/mol. The maximum absolute atomic E-state index is 12.9. The van der Waals surface area contributed by atoms with Crippen molar-refractivity contribution >= 4 is 11.9 Å². The number of carboxylic acids is 1. The van der Waals surface area contributed by atoms with Crippen LogP contribution < -0.4 is 0 Å². The van der Waals surface area contributed by atoms with Crippen LogP contribution in [0.1, 0.15) is 58.3 Å². The highest BCUT2D eigenvalue weighted by molar-refractivity contribution is 5.80. The molecule has 0 bridgehead atoms. The first-order valence-corrected chi connectivity index (χ1v) is 8.60. The summed E-state index contributed by atoms with van der Waals surface area (Å²) in [5.41, 5.74) is 0. The molecular formula is C17H29NO4. The highest BCUT2D eigenvalue weighted by atomic mass is 16.5. The van der Waals surface area contributed by atoms with E-state index in [2.05, 4.69) is 6.92 Å². The molecule has 126 valence electrons. The predicted octanol–water partition coefficient (Wildman–Crippen LogP) is 2.68. The molecule has 1 saturated carbocycles. The van der Waals surface area contributed by atoms with Gasteiger partial charge in [-0.2, -0.15) is 0 Å². The van der Waals surface area contributed by atoms with Crippen LogP contribution in [-0.4, -0.2) is 47.7 Å². The fourth-order valence-electron chi connectivity index (χ4n) is 4.03. The molecule has 1 aliphatic heterocycles. The van der Waals surface area contributed by atoms with E-state index in [-0.39, 0.29) is 30.4 Å². The third kappa shape index (κ3) is 4.22. The summed E-state index contributed by atoms with van der Waals surface area (Å²) < 4.78 is 5.36. The molecule has 1 N–H and O–H groups in total. The van der Waals surface area contributed by atoms with Crippen molar-refractivity contribution < 1.29 is 19.4 Å². The molecular weight excluding hydrogens is 282 g/mol. The fraction of sp³-hybridized carbons (Fsp3) is 0.882.